The van der Waals surface area contributed by atoms with Gasteiger partial charge in [0.2, 0.25) is 0 Å². The van der Waals surface area contributed by atoms with Gasteiger partial charge in [0, 0.05) is 30.2 Å². The van der Waals surface area contributed by atoms with Gasteiger partial charge in [0.25, 0.3) is 5.91 Å². The van der Waals surface area contributed by atoms with Crippen molar-refractivity contribution in [2.45, 2.75) is 45.1 Å². The number of hydrogen-bond donors (Lipinski definition) is 3. The van der Waals surface area contributed by atoms with Crippen molar-refractivity contribution in [3.05, 3.63) is 22.5 Å². The summed E-state index contributed by atoms with van der Waals surface area (Å²) in [6, 6.07) is -0.992. The molecule has 0 bridgehead atoms. The molecule has 3 N–H and O–H groups in total. The smallest absolute Gasteiger partial charge is 0.326 e. The van der Waals surface area contributed by atoms with Crippen LogP contribution in [-0.4, -0.2) is 47.0 Å². The van der Waals surface area contributed by atoms with Gasteiger partial charge < -0.3 is 20.1 Å². The SMILES string of the molecule is Cc1c(C(=O)NC(C(=O)O)C2CCCOC2)[nH]c2c1C(=O)CCC2. The Bertz CT molecular complexity index is 673. The average Bonchev–Trinajstić information content (AvgIpc) is 2.91. The fourth-order valence-corrected chi connectivity index (χ4v) is 3.62. The fourth-order valence-electron chi connectivity index (χ4n) is 3.62. The number of ether oxygens (including phenoxy) is 1. The molecule has 1 aromatic rings. The summed E-state index contributed by atoms with van der Waals surface area (Å²) in [7, 11) is 0. The molecule has 7 heteroatoms. The van der Waals surface area contributed by atoms with E-state index in [-0.39, 0.29) is 11.7 Å². The molecule has 2 aliphatic rings. The highest BCUT2D eigenvalue weighted by Crippen LogP contribution is 2.27. The van der Waals surface area contributed by atoms with Gasteiger partial charge in [-0.25, -0.2) is 4.79 Å². The minimum Gasteiger partial charge on any atom is -0.480 e. The Kier molecular flexibility index (Phi) is 4.71. The topological polar surface area (TPSA) is 108 Å². The zero-order valence-corrected chi connectivity index (χ0v) is 13.7. The van der Waals surface area contributed by atoms with Gasteiger partial charge in [-0.1, -0.05) is 0 Å². The standard InChI is InChI=1S/C17H22N2O5/c1-9-13-11(5-2-6-12(13)20)18-14(9)16(21)19-15(17(22)23)10-4-3-7-24-8-10/h10,15,18H,2-8H2,1H3,(H,19,21)(H,22,23). The second-order valence-corrected chi connectivity index (χ2v) is 6.52. The Hall–Kier alpha value is -2.15. The zero-order chi connectivity index (χ0) is 17.3. The molecule has 1 fully saturated rings. The van der Waals surface area contributed by atoms with Crippen LogP contribution >= 0.6 is 0 Å². The molecule has 3 rings (SSSR count). The highest BCUT2D eigenvalue weighted by Gasteiger charge is 2.33. The van der Waals surface area contributed by atoms with Crippen molar-refractivity contribution < 1.29 is 24.2 Å². The van der Waals surface area contributed by atoms with E-state index in [0.29, 0.717) is 42.9 Å². The van der Waals surface area contributed by atoms with Crippen LogP contribution in [0.5, 0.6) is 0 Å². The summed E-state index contributed by atoms with van der Waals surface area (Å²) >= 11 is 0. The molecule has 7 nitrogen and oxygen atoms in total. The number of rotatable bonds is 4. The molecule has 1 aliphatic carbocycles. The van der Waals surface area contributed by atoms with Crippen molar-refractivity contribution >= 4 is 17.7 Å². The number of ketones is 1. The van der Waals surface area contributed by atoms with Crippen molar-refractivity contribution in [1.29, 1.82) is 0 Å². The third-order valence-corrected chi connectivity index (χ3v) is 4.88. The number of carboxylic acid groups (broad SMARTS) is 1. The first kappa shape index (κ1) is 16.7. The van der Waals surface area contributed by atoms with E-state index >= 15 is 0 Å². The van der Waals surface area contributed by atoms with E-state index in [1.54, 1.807) is 6.92 Å². The van der Waals surface area contributed by atoms with Crippen LogP contribution in [0, 0.1) is 12.8 Å². The second kappa shape index (κ2) is 6.76. The lowest BCUT2D eigenvalue weighted by molar-refractivity contribution is -0.142. The monoisotopic (exact) mass is 334 g/mol. The van der Waals surface area contributed by atoms with E-state index in [1.165, 1.54) is 0 Å². The summed E-state index contributed by atoms with van der Waals surface area (Å²) in [6.07, 6.45) is 3.48. The molecule has 0 radical (unpaired) electrons. The number of carboxylic acids is 1. The molecule has 1 saturated heterocycles. The van der Waals surface area contributed by atoms with Crippen molar-refractivity contribution in [2.24, 2.45) is 5.92 Å². The van der Waals surface area contributed by atoms with Crippen LogP contribution in [0.2, 0.25) is 0 Å². The third-order valence-electron chi connectivity index (χ3n) is 4.88. The number of aromatic amines is 1. The van der Waals surface area contributed by atoms with Crippen LogP contribution in [-0.2, 0) is 16.0 Å². The van der Waals surface area contributed by atoms with Gasteiger partial charge in [0.15, 0.2) is 5.78 Å². The van der Waals surface area contributed by atoms with Crippen LogP contribution < -0.4 is 5.32 Å². The van der Waals surface area contributed by atoms with Gasteiger partial charge in [-0.3, -0.25) is 9.59 Å². The van der Waals surface area contributed by atoms with E-state index in [2.05, 4.69) is 10.3 Å². The molecule has 2 heterocycles. The third kappa shape index (κ3) is 3.08. The number of aliphatic carboxylic acids is 1. The number of Topliss-reactive ketones (excluding diaryl/α,β-unsaturated/α-hetero) is 1. The van der Waals surface area contributed by atoms with Crippen LogP contribution in [0.3, 0.4) is 0 Å². The quantitative estimate of drug-likeness (QED) is 0.772. The second-order valence-electron chi connectivity index (χ2n) is 6.52. The van der Waals surface area contributed by atoms with Crippen LogP contribution in [0.25, 0.3) is 0 Å². The van der Waals surface area contributed by atoms with Crippen molar-refractivity contribution in [1.82, 2.24) is 10.3 Å². The predicted octanol–water partition coefficient (Wildman–Crippen LogP) is 1.45. The van der Waals surface area contributed by atoms with Crippen molar-refractivity contribution in [3.8, 4) is 0 Å². The fraction of sp³-hybridized carbons (Fsp3) is 0.588. The van der Waals surface area contributed by atoms with Crippen molar-refractivity contribution in [2.75, 3.05) is 13.2 Å². The Morgan fingerprint density at radius 2 is 2.12 bits per heavy atom. The number of amides is 1. The van der Waals surface area contributed by atoms with Gasteiger partial charge in [0.1, 0.15) is 11.7 Å². The molecule has 0 spiro atoms. The molecular weight excluding hydrogens is 312 g/mol. The van der Waals surface area contributed by atoms with Gasteiger partial charge in [-0.2, -0.15) is 0 Å². The van der Waals surface area contributed by atoms with E-state index in [4.69, 9.17) is 4.74 Å². The summed E-state index contributed by atoms with van der Waals surface area (Å²) in [5, 5.41) is 12.1. The Balaban J connectivity index is 1.81. The molecule has 2 atom stereocenters. The Morgan fingerprint density at radius 1 is 1.33 bits per heavy atom. The molecule has 24 heavy (non-hydrogen) atoms. The molecule has 1 aromatic heterocycles. The summed E-state index contributed by atoms with van der Waals surface area (Å²) in [5.41, 5.74) is 2.27. The van der Waals surface area contributed by atoms with Crippen molar-refractivity contribution in [3.63, 3.8) is 0 Å². The van der Waals surface area contributed by atoms with Gasteiger partial charge in [-0.15, -0.1) is 0 Å². The maximum absolute atomic E-state index is 12.6. The number of carbonyl (C=O) groups excluding carboxylic acids is 2. The first-order valence-corrected chi connectivity index (χ1v) is 8.35. The van der Waals surface area contributed by atoms with Gasteiger partial charge in [0.05, 0.1) is 6.61 Å². The van der Waals surface area contributed by atoms with E-state index in [9.17, 15) is 19.5 Å². The molecule has 2 unspecified atom stereocenters. The normalized spacial score (nSPS) is 21.9. The molecule has 0 aromatic carbocycles. The first-order chi connectivity index (χ1) is 11.5. The summed E-state index contributed by atoms with van der Waals surface area (Å²) in [6.45, 7) is 2.68. The van der Waals surface area contributed by atoms with Crippen LogP contribution in [0.15, 0.2) is 0 Å². The summed E-state index contributed by atoms with van der Waals surface area (Å²) < 4.78 is 5.34. The minimum absolute atomic E-state index is 0.0412. The van der Waals surface area contributed by atoms with Crippen LogP contribution in [0.1, 0.15) is 57.8 Å². The lowest BCUT2D eigenvalue weighted by Crippen LogP contribution is -2.48. The Labute approximate surface area is 139 Å². The molecule has 0 saturated carbocycles. The lowest BCUT2D eigenvalue weighted by atomic mass is 9.93. The van der Waals surface area contributed by atoms with Gasteiger partial charge in [-0.05, 0) is 38.2 Å². The van der Waals surface area contributed by atoms with Crippen LogP contribution in [0.4, 0.5) is 0 Å². The Morgan fingerprint density at radius 3 is 2.75 bits per heavy atom. The number of carbonyl (C=O) groups is 3. The highest BCUT2D eigenvalue weighted by molar-refractivity contribution is 6.04. The number of aryl methyl sites for hydroxylation is 1. The predicted molar refractivity (Wildman–Crippen MR) is 85.2 cm³/mol. The maximum atomic E-state index is 12.6. The lowest BCUT2D eigenvalue weighted by Gasteiger charge is -2.28. The largest absolute Gasteiger partial charge is 0.480 e. The molecule has 130 valence electrons. The number of aromatic nitrogens is 1. The highest BCUT2D eigenvalue weighted by atomic mass is 16.5. The molecular formula is C17H22N2O5. The minimum atomic E-state index is -1.07. The van der Waals surface area contributed by atoms with Gasteiger partial charge >= 0.3 is 5.97 Å². The maximum Gasteiger partial charge on any atom is 0.326 e. The number of H-pyrrole nitrogens is 1. The average molecular weight is 334 g/mol. The van der Waals surface area contributed by atoms with E-state index in [0.717, 1.165) is 25.0 Å². The van der Waals surface area contributed by atoms with E-state index in [1.807, 2.05) is 0 Å². The number of nitrogens with one attached hydrogen (secondary N) is 2. The zero-order valence-electron chi connectivity index (χ0n) is 13.7. The summed E-state index contributed by atoms with van der Waals surface area (Å²) in [5.74, 6) is -1.75. The number of fused-ring (bicyclic) bond motifs is 1. The first-order valence-electron chi connectivity index (χ1n) is 8.35. The summed E-state index contributed by atoms with van der Waals surface area (Å²) in [4.78, 5) is 39.2. The molecule has 1 aliphatic heterocycles. The van der Waals surface area contributed by atoms with E-state index < -0.39 is 17.9 Å². The number of hydrogen-bond acceptors (Lipinski definition) is 4. The molecule has 1 amide bonds.